The molecule has 0 spiro atoms. The number of aromatic nitrogens is 5. The van der Waals surface area contributed by atoms with Gasteiger partial charge in [0, 0.05) is 66.0 Å². The van der Waals surface area contributed by atoms with Crippen molar-refractivity contribution in [2.75, 3.05) is 5.32 Å². The molecular formula is C26H22N8O. The fraction of sp³-hybridized carbons (Fsp3) is 0.269. The molecule has 2 saturated heterocycles. The summed E-state index contributed by atoms with van der Waals surface area (Å²) < 4.78 is 3.49. The van der Waals surface area contributed by atoms with Gasteiger partial charge in [0.2, 0.25) is 0 Å². The van der Waals surface area contributed by atoms with Crippen molar-refractivity contribution in [1.82, 2.24) is 29.3 Å². The highest BCUT2D eigenvalue weighted by Crippen LogP contribution is 2.39. The lowest BCUT2D eigenvalue weighted by atomic mass is 9.76. The number of terminal acetylenes is 1. The smallest absolute Gasteiger partial charge is 0.298 e. The van der Waals surface area contributed by atoms with E-state index in [-0.39, 0.29) is 24.0 Å². The van der Waals surface area contributed by atoms with Gasteiger partial charge in [0.1, 0.15) is 11.9 Å². The zero-order valence-corrected chi connectivity index (χ0v) is 19.1. The van der Waals surface area contributed by atoms with Crippen molar-refractivity contribution in [3.8, 4) is 40.7 Å². The molecule has 2 unspecified atom stereocenters. The lowest BCUT2D eigenvalue weighted by Crippen LogP contribution is -2.64. The Morgan fingerprint density at radius 2 is 1.91 bits per heavy atom. The monoisotopic (exact) mass is 462 g/mol. The minimum Gasteiger partial charge on any atom is -0.367 e. The first-order valence-electron chi connectivity index (χ1n) is 11.5. The Balaban J connectivity index is 1.28. The van der Waals surface area contributed by atoms with E-state index in [1.165, 1.54) is 0 Å². The second-order valence-corrected chi connectivity index (χ2v) is 9.15. The van der Waals surface area contributed by atoms with Crippen molar-refractivity contribution in [3.63, 3.8) is 0 Å². The van der Waals surface area contributed by atoms with E-state index in [9.17, 15) is 10.1 Å². The van der Waals surface area contributed by atoms with Gasteiger partial charge in [-0.3, -0.25) is 9.48 Å². The number of hydrogen-bond donors (Lipinski definition) is 1. The predicted octanol–water partition coefficient (Wildman–Crippen LogP) is 2.85. The number of piperidine rings is 1. The van der Waals surface area contributed by atoms with Crippen LogP contribution in [0.1, 0.15) is 24.8 Å². The molecule has 0 radical (unpaired) electrons. The number of amides is 1. The van der Waals surface area contributed by atoms with E-state index < -0.39 is 0 Å². The first-order chi connectivity index (χ1) is 17.0. The van der Waals surface area contributed by atoms with E-state index in [2.05, 4.69) is 32.5 Å². The molecule has 2 aliphatic heterocycles. The van der Waals surface area contributed by atoms with E-state index >= 15 is 0 Å². The van der Waals surface area contributed by atoms with Gasteiger partial charge in [-0.2, -0.15) is 15.5 Å². The highest BCUT2D eigenvalue weighted by atomic mass is 16.2. The quantitative estimate of drug-likeness (QED) is 0.468. The average molecular weight is 463 g/mol. The van der Waals surface area contributed by atoms with Crippen molar-refractivity contribution >= 4 is 17.2 Å². The van der Waals surface area contributed by atoms with Gasteiger partial charge in [-0.1, -0.05) is 0 Å². The minimum absolute atomic E-state index is 0.205. The second-order valence-electron chi connectivity index (χ2n) is 9.15. The second kappa shape index (κ2) is 8.00. The lowest BCUT2D eigenvalue weighted by molar-refractivity contribution is -0.142. The third-order valence-corrected chi connectivity index (χ3v) is 7.00. The molecule has 3 fully saturated rings. The number of hydrogen-bond acceptors (Lipinski definition) is 6. The van der Waals surface area contributed by atoms with Crippen LogP contribution in [0.4, 0.5) is 5.82 Å². The third kappa shape index (κ3) is 3.49. The Labute approximate surface area is 202 Å². The standard InChI is InChI=1S/C26H22N8O/c1-3-25(35)34-21-7-20(8-22(34)9-21)31-24-5-4-16(11-28-24)23-6-17(19-13-29-32(2)14-19)15-33-26(23)18(10-27)12-30-33/h1,4-6,11-15,20-22H,7-9H2,2H3,(H,28,31). The summed E-state index contributed by atoms with van der Waals surface area (Å²) in [5.74, 6) is 2.82. The van der Waals surface area contributed by atoms with Crippen molar-refractivity contribution in [2.24, 2.45) is 7.05 Å². The molecule has 0 aromatic carbocycles. The number of anilines is 1. The van der Waals surface area contributed by atoms with Gasteiger partial charge in [0.15, 0.2) is 0 Å². The molecule has 35 heavy (non-hydrogen) atoms. The summed E-state index contributed by atoms with van der Waals surface area (Å²) in [5.41, 5.74) is 4.93. The Morgan fingerprint density at radius 3 is 2.57 bits per heavy atom. The number of carbonyl (C=O) groups is 1. The Bertz CT molecular complexity index is 1520. The average Bonchev–Trinajstić information content (AvgIpc) is 3.49. The molecular weight excluding hydrogens is 440 g/mol. The topological polar surface area (TPSA) is 104 Å². The molecule has 2 bridgehead atoms. The first kappa shape index (κ1) is 20.9. The number of nitrogens with zero attached hydrogens (tertiary/aromatic N) is 7. The van der Waals surface area contributed by atoms with Gasteiger partial charge in [-0.25, -0.2) is 9.50 Å². The van der Waals surface area contributed by atoms with Crippen LogP contribution in [0.25, 0.3) is 27.8 Å². The Morgan fingerprint density at radius 1 is 1.09 bits per heavy atom. The van der Waals surface area contributed by atoms with E-state index in [0.717, 1.165) is 52.9 Å². The SMILES string of the molecule is C#CC(=O)N1C2CC(Nc3ccc(-c4cc(-c5cnn(C)c5)cn5ncc(C#N)c45)cn3)CC1C2. The maximum atomic E-state index is 11.9. The van der Waals surface area contributed by atoms with Gasteiger partial charge >= 0.3 is 0 Å². The fourth-order valence-electron chi connectivity index (χ4n) is 5.40. The normalized spacial score (nSPS) is 20.7. The van der Waals surface area contributed by atoms with Crippen LogP contribution in [0.3, 0.4) is 0 Å². The van der Waals surface area contributed by atoms with Crippen LogP contribution in [0.2, 0.25) is 0 Å². The summed E-state index contributed by atoms with van der Waals surface area (Å²) in [6, 6.07) is 8.92. The molecule has 172 valence electrons. The molecule has 1 amide bonds. The largest absolute Gasteiger partial charge is 0.367 e. The molecule has 1 aliphatic carbocycles. The molecule has 1 saturated carbocycles. The molecule has 9 nitrogen and oxygen atoms in total. The summed E-state index contributed by atoms with van der Waals surface area (Å²) in [5, 5.41) is 21.8. The zero-order chi connectivity index (χ0) is 24.1. The van der Waals surface area contributed by atoms with Gasteiger partial charge in [0.05, 0.1) is 23.5 Å². The summed E-state index contributed by atoms with van der Waals surface area (Å²) in [6.45, 7) is 0. The number of rotatable bonds is 4. The number of nitriles is 1. The molecule has 6 heterocycles. The highest BCUT2D eigenvalue weighted by molar-refractivity contribution is 5.94. The highest BCUT2D eigenvalue weighted by Gasteiger charge is 2.47. The number of aryl methyl sites for hydroxylation is 1. The molecule has 2 atom stereocenters. The zero-order valence-electron chi connectivity index (χ0n) is 19.1. The third-order valence-electron chi connectivity index (χ3n) is 7.00. The maximum Gasteiger partial charge on any atom is 0.298 e. The van der Waals surface area contributed by atoms with E-state index in [4.69, 9.17) is 6.42 Å². The summed E-state index contributed by atoms with van der Waals surface area (Å²) in [4.78, 5) is 18.4. The number of carbonyl (C=O) groups excluding carboxylic acids is 1. The van der Waals surface area contributed by atoms with E-state index in [1.807, 2.05) is 48.7 Å². The number of pyridine rings is 2. The maximum absolute atomic E-state index is 11.9. The van der Waals surface area contributed by atoms with Gasteiger partial charge in [-0.05, 0) is 43.4 Å². The van der Waals surface area contributed by atoms with Crippen molar-refractivity contribution in [2.45, 2.75) is 37.4 Å². The Kier molecular flexibility index (Phi) is 4.78. The van der Waals surface area contributed by atoms with Crippen LogP contribution in [-0.2, 0) is 11.8 Å². The van der Waals surface area contributed by atoms with Crippen molar-refractivity contribution in [3.05, 3.63) is 54.7 Å². The van der Waals surface area contributed by atoms with Gasteiger partial charge in [0.25, 0.3) is 5.91 Å². The molecule has 1 N–H and O–H groups in total. The molecule has 4 aromatic rings. The van der Waals surface area contributed by atoms with Crippen LogP contribution in [-0.4, -0.2) is 53.3 Å². The fourth-order valence-corrected chi connectivity index (χ4v) is 5.40. The van der Waals surface area contributed by atoms with E-state index in [1.54, 1.807) is 21.6 Å². The lowest BCUT2D eigenvalue weighted by Gasteiger charge is -2.54. The number of fused-ring (bicyclic) bond motifs is 3. The molecule has 4 aromatic heterocycles. The summed E-state index contributed by atoms with van der Waals surface area (Å²) >= 11 is 0. The van der Waals surface area contributed by atoms with Crippen LogP contribution >= 0.6 is 0 Å². The van der Waals surface area contributed by atoms with Gasteiger partial charge < -0.3 is 10.2 Å². The minimum atomic E-state index is -0.205. The predicted molar refractivity (Wildman–Crippen MR) is 130 cm³/mol. The number of nitrogens with one attached hydrogen (secondary N) is 1. The van der Waals surface area contributed by atoms with Crippen LogP contribution < -0.4 is 5.32 Å². The molecule has 9 heteroatoms. The molecule has 3 aliphatic rings. The summed E-state index contributed by atoms with van der Waals surface area (Å²) in [6.07, 6.45) is 17.1. The van der Waals surface area contributed by atoms with Crippen LogP contribution in [0.5, 0.6) is 0 Å². The van der Waals surface area contributed by atoms with E-state index in [0.29, 0.717) is 5.56 Å². The summed E-state index contributed by atoms with van der Waals surface area (Å²) in [7, 11) is 1.88. The van der Waals surface area contributed by atoms with Crippen molar-refractivity contribution in [1.29, 1.82) is 5.26 Å². The Hall–Kier alpha value is -4.63. The van der Waals surface area contributed by atoms with Crippen LogP contribution in [0.15, 0.2) is 49.2 Å². The van der Waals surface area contributed by atoms with Crippen LogP contribution in [0, 0.1) is 23.7 Å². The van der Waals surface area contributed by atoms with Crippen molar-refractivity contribution < 1.29 is 4.79 Å². The van der Waals surface area contributed by atoms with Gasteiger partial charge in [-0.15, -0.1) is 6.42 Å². The first-order valence-corrected chi connectivity index (χ1v) is 11.5. The molecule has 7 rings (SSSR count).